The van der Waals surface area contributed by atoms with Crippen LogP contribution in [0.2, 0.25) is 0 Å². The quantitative estimate of drug-likeness (QED) is 0.875. The van der Waals surface area contributed by atoms with Gasteiger partial charge < -0.3 is 11.1 Å². The van der Waals surface area contributed by atoms with E-state index >= 15 is 0 Å². The summed E-state index contributed by atoms with van der Waals surface area (Å²) in [5, 5.41) is 3.40. The van der Waals surface area contributed by atoms with E-state index in [-0.39, 0.29) is 6.04 Å². The molecule has 1 aromatic carbocycles. The molecule has 104 valence electrons. The van der Waals surface area contributed by atoms with Gasteiger partial charge in [-0.15, -0.1) is 0 Å². The van der Waals surface area contributed by atoms with Gasteiger partial charge in [-0.05, 0) is 74.6 Å². The van der Waals surface area contributed by atoms with Gasteiger partial charge in [-0.1, -0.05) is 18.2 Å². The van der Waals surface area contributed by atoms with Gasteiger partial charge in [0.15, 0.2) is 0 Å². The second kappa shape index (κ2) is 5.64. The zero-order chi connectivity index (χ0) is 13.2. The van der Waals surface area contributed by atoms with E-state index in [1.165, 1.54) is 50.5 Å². The summed E-state index contributed by atoms with van der Waals surface area (Å²) in [5.74, 6) is 0.670. The van der Waals surface area contributed by atoms with Gasteiger partial charge in [0.05, 0.1) is 0 Å². The molecule has 2 aliphatic rings. The molecule has 0 spiro atoms. The van der Waals surface area contributed by atoms with Gasteiger partial charge in [-0.25, -0.2) is 0 Å². The first-order chi connectivity index (χ1) is 9.28. The van der Waals surface area contributed by atoms with Crippen molar-refractivity contribution in [1.82, 2.24) is 5.32 Å². The molecule has 0 amide bonds. The van der Waals surface area contributed by atoms with E-state index in [4.69, 9.17) is 5.73 Å². The summed E-state index contributed by atoms with van der Waals surface area (Å²) < 4.78 is 0. The smallest absolute Gasteiger partial charge is 0.0323 e. The molecule has 19 heavy (non-hydrogen) atoms. The molecule has 2 nitrogen and oxygen atoms in total. The van der Waals surface area contributed by atoms with Gasteiger partial charge in [0, 0.05) is 12.1 Å². The highest BCUT2D eigenvalue weighted by Gasteiger charge is 2.26. The van der Waals surface area contributed by atoms with Crippen molar-refractivity contribution in [3.63, 3.8) is 0 Å². The average Bonchev–Trinajstić information content (AvgIpc) is 2.94. The fraction of sp³-hybridized carbons (Fsp3) is 0.647. The van der Waals surface area contributed by atoms with Crippen LogP contribution in [0.25, 0.3) is 0 Å². The Morgan fingerprint density at radius 2 is 1.84 bits per heavy atom. The summed E-state index contributed by atoms with van der Waals surface area (Å²) in [6.07, 6.45) is 8.93. The lowest BCUT2D eigenvalue weighted by molar-refractivity contribution is 0.267. The Morgan fingerprint density at radius 1 is 1.11 bits per heavy atom. The summed E-state index contributed by atoms with van der Waals surface area (Å²) in [6.45, 7) is 0. The number of hydrogen-bond donors (Lipinski definition) is 2. The van der Waals surface area contributed by atoms with E-state index in [1.54, 1.807) is 11.1 Å². The predicted molar refractivity (Wildman–Crippen MR) is 80.2 cm³/mol. The highest BCUT2D eigenvalue weighted by molar-refractivity contribution is 5.36. The number of aryl methyl sites for hydroxylation is 2. The molecule has 0 bridgehead atoms. The second-order valence-corrected chi connectivity index (χ2v) is 6.31. The Labute approximate surface area is 116 Å². The van der Waals surface area contributed by atoms with Crippen LogP contribution in [-0.2, 0) is 12.8 Å². The molecule has 1 saturated carbocycles. The summed E-state index contributed by atoms with van der Waals surface area (Å²) in [6, 6.07) is 7.93. The molecule has 1 unspecified atom stereocenters. The van der Waals surface area contributed by atoms with E-state index in [2.05, 4.69) is 30.6 Å². The van der Waals surface area contributed by atoms with Crippen LogP contribution < -0.4 is 11.1 Å². The molecular weight excluding hydrogens is 232 g/mol. The van der Waals surface area contributed by atoms with Gasteiger partial charge in [0.2, 0.25) is 0 Å². The van der Waals surface area contributed by atoms with Crippen LogP contribution in [0.5, 0.6) is 0 Å². The van der Waals surface area contributed by atoms with E-state index in [9.17, 15) is 0 Å². The lowest BCUT2D eigenvalue weighted by atomic mass is 9.79. The molecule has 0 heterocycles. The molecule has 2 heteroatoms. The van der Waals surface area contributed by atoms with Gasteiger partial charge in [-0.2, -0.15) is 0 Å². The Morgan fingerprint density at radius 3 is 2.58 bits per heavy atom. The van der Waals surface area contributed by atoms with Crippen molar-refractivity contribution in [1.29, 1.82) is 0 Å². The van der Waals surface area contributed by atoms with Gasteiger partial charge in [-0.3, -0.25) is 0 Å². The fourth-order valence-electron chi connectivity index (χ4n) is 3.84. The maximum absolute atomic E-state index is 6.53. The third-order valence-electron chi connectivity index (χ3n) is 5.20. The molecule has 0 saturated heterocycles. The largest absolute Gasteiger partial charge is 0.324 e. The molecule has 1 aromatic rings. The van der Waals surface area contributed by atoms with Crippen LogP contribution >= 0.6 is 0 Å². The summed E-state index contributed by atoms with van der Waals surface area (Å²) in [7, 11) is 2.07. The van der Waals surface area contributed by atoms with Crippen molar-refractivity contribution in [3.05, 3.63) is 34.9 Å². The van der Waals surface area contributed by atoms with Crippen LogP contribution in [0.1, 0.15) is 54.8 Å². The summed E-state index contributed by atoms with van der Waals surface area (Å²) in [5.41, 5.74) is 11.0. The van der Waals surface area contributed by atoms with Crippen LogP contribution in [0.4, 0.5) is 0 Å². The number of nitrogens with two attached hydrogens (primary N) is 1. The number of rotatable bonds is 3. The average molecular weight is 258 g/mol. The molecule has 0 aromatic heterocycles. The highest BCUT2D eigenvalue weighted by Crippen LogP contribution is 2.34. The maximum Gasteiger partial charge on any atom is 0.0323 e. The fourth-order valence-corrected chi connectivity index (χ4v) is 3.84. The van der Waals surface area contributed by atoms with Crippen LogP contribution in [-0.4, -0.2) is 13.1 Å². The number of hydrogen-bond acceptors (Lipinski definition) is 2. The Balaban J connectivity index is 1.68. The van der Waals surface area contributed by atoms with Crippen LogP contribution in [0.3, 0.4) is 0 Å². The van der Waals surface area contributed by atoms with Crippen LogP contribution in [0.15, 0.2) is 18.2 Å². The summed E-state index contributed by atoms with van der Waals surface area (Å²) >= 11 is 0. The third kappa shape index (κ3) is 2.70. The van der Waals surface area contributed by atoms with Crippen molar-refractivity contribution in [2.45, 2.75) is 57.0 Å². The van der Waals surface area contributed by atoms with E-state index in [0.29, 0.717) is 12.0 Å². The van der Waals surface area contributed by atoms with Crippen molar-refractivity contribution in [2.75, 3.05) is 7.05 Å². The van der Waals surface area contributed by atoms with Gasteiger partial charge >= 0.3 is 0 Å². The minimum absolute atomic E-state index is 0.240. The topological polar surface area (TPSA) is 38.0 Å². The zero-order valence-corrected chi connectivity index (χ0v) is 12.0. The zero-order valence-electron chi connectivity index (χ0n) is 12.0. The molecule has 2 aliphatic carbocycles. The normalized spacial score (nSPS) is 28.1. The monoisotopic (exact) mass is 258 g/mol. The van der Waals surface area contributed by atoms with Gasteiger partial charge in [0.25, 0.3) is 0 Å². The van der Waals surface area contributed by atoms with Gasteiger partial charge in [0.1, 0.15) is 0 Å². The molecule has 0 radical (unpaired) electrons. The maximum atomic E-state index is 6.53. The lowest BCUT2D eigenvalue weighted by Crippen LogP contribution is -2.33. The minimum Gasteiger partial charge on any atom is -0.324 e. The first kappa shape index (κ1) is 13.1. The van der Waals surface area contributed by atoms with Crippen molar-refractivity contribution >= 4 is 0 Å². The number of fused-ring (bicyclic) bond motifs is 1. The van der Waals surface area contributed by atoms with Crippen LogP contribution in [0, 0.1) is 5.92 Å². The highest BCUT2D eigenvalue weighted by atomic mass is 14.9. The molecular formula is C17H26N2. The standard InChI is InChI=1S/C17H26N2/c1-19-16-9-7-13(8-10-16)17(18)15-6-5-12-3-2-4-14(12)11-15/h5-6,11,13,16-17,19H,2-4,7-10,18H2,1H3. The molecule has 3 rings (SSSR count). The van der Waals surface area contributed by atoms with Crippen molar-refractivity contribution < 1.29 is 0 Å². The number of nitrogens with one attached hydrogen (secondary N) is 1. The van der Waals surface area contributed by atoms with Crippen molar-refractivity contribution in [3.8, 4) is 0 Å². The molecule has 3 N–H and O–H groups in total. The molecule has 0 aliphatic heterocycles. The van der Waals surface area contributed by atoms with E-state index < -0.39 is 0 Å². The number of benzene rings is 1. The lowest BCUT2D eigenvalue weighted by Gasteiger charge is -2.32. The Kier molecular flexibility index (Phi) is 3.90. The summed E-state index contributed by atoms with van der Waals surface area (Å²) in [4.78, 5) is 0. The molecule has 1 atom stereocenters. The van der Waals surface area contributed by atoms with Crippen molar-refractivity contribution in [2.24, 2.45) is 11.7 Å². The predicted octanol–water partition coefficient (Wildman–Crippen LogP) is 2.95. The Bertz CT molecular complexity index is 433. The second-order valence-electron chi connectivity index (χ2n) is 6.31. The van der Waals surface area contributed by atoms with E-state index in [0.717, 1.165) is 0 Å². The van der Waals surface area contributed by atoms with E-state index in [1.807, 2.05) is 0 Å². The SMILES string of the molecule is CNC1CCC(C(N)c2ccc3c(c2)CCC3)CC1. The minimum atomic E-state index is 0.240. The first-order valence-corrected chi connectivity index (χ1v) is 7.82. The molecule has 1 fully saturated rings. The third-order valence-corrected chi connectivity index (χ3v) is 5.20. The Hall–Kier alpha value is -0.860. The first-order valence-electron chi connectivity index (χ1n) is 7.82.